The average molecular weight is 415 g/mol. The number of aromatic nitrogens is 2. The molecule has 8 heteroatoms. The van der Waals surface area contributed by atoms with Crippen molar-refractivity contribution in [2.45, 2.75) is 10.1 Å². The molecule has 0 aliphatic carbocycles. The molecule has 0 saturated carbocycles. The molecule has 0 atom stereocenters. The van der Waals surface area contributed by atoms with Crippen molar-refractivity contribution >= 4 is 45.3 Å². The molecule has 0 aliphatic heterocycles. The third-order valence-corrected chi connectivity index (χ3v) is 4.55. The minimum absolute atomic E-state index is 0.00403. The van der Waals surface area contributed by atoms with Gasteiger partial charge in [-0.1, -0.05) is 28.1 Å². The van der Waals surface area contributed by atoms with Crippen LogP contribution in [-0.4, -0.2) is 21.1 Å². The van der Waals surface area contributed by atoms with E-state index in [1.807, 2.05) is 24.3 Å². The molecule has 0 spiro atoms. The zero-order chi connectivity index (χ0) is 17.6. The van der Waals surface area contributed by atoms with Crippen LogP contribution in [-0.2, 0) is 0 Å². The fourth-order valence-electron chi connectivity index (χ4n) is 1.99. The second kappa shape index (κ2) is 8.00. The van der Waals surface area contributed by atoms with Crippen LogP contribution >= 0.6 is 27.7 Å². The Balaban J connectivity index is 1.87. The first-order valence-electron chi connectivity index (χ1n) is 7.15. The first kappa shape index (κ1) is 17.2. The van der Waals surface area contributed by atoms with Crippen LogP contribution in [0.25, 0.3) is 0 Å². The molecule has 3 rings (SSSR count). The summed E-state index contributed by atoms with van der Waals surface area (Å²) < 4.78 is 0.919. The van der Waals surface area contributed by atoms with Gasteiger partial charge < -0.3 is 0 Å². The summed E-state index contributed by atoms with van der Waals surface area (Å²) in [7, 11) is 0. The summed E-state index contributed by atoms with van der Waals surface area (Å²) in [6, 6.07) is 14.1. The lowest BCUT2D eigenvalue weighted by molar-refractivity contribution is -0.387. The van der Waals surface area contributed by atoms with Gasteiger partial charge in [-0.15, -0.1) is 0 Å². The second-order valence-electron chi connectivity index (χ2n) is 4.86. The number of hydrogen-bond acceptors (Lipinski definition) is 6. The van der Waals surface area contributed by atoms with Gasteiger partial charge in [0.2, 0.25) is 0 Å². The third kappa shape index (κ3) is 4.71. The van der Waals surface area contributed by atoms with Gasteiger partial charge in [-0.25, -0.2) is 9.97 Å². The molecule has 0 saturated heterocycles. The monoisotopic (exact) mass is 414 g/mol. The molecule has 0 fully saturated rings. The van der Waals surface area contributed by atoms with E-state index in [9.17, 15) is 10.1 Å². The lowest BCUT2D eigenvalue weighted by Gasteiger charge is -2.03. The van der Waals surface area contributed by atoms with E-state index in [1.54, 1.807) is 36.8 Å². The van der Waals surface area contributed by atoms with Crippen LogP contribution in [0.15, 0.2) is 80.4 Å². The maximum absolute atomic E-state index is 11.4. The van der Waals surface area contributed by atoms with Crippen molar-refractivity contribution in [3.05, 3.63) is 81.1 Å². The van der Waals surface area contributed by atoms with Gasteiger partial charge in [-0.2, -0.15) is 0 Å². The molecule has 1 heterocycles. The van der Waals surface area contributed by atoms with Crippen LogP contribution in [0, 0.1) is 10.1 Å². The molecule has 0 radical (unpaired) electrons. The molecule has 25 heavy (non-hydrogen) atoms. The van der Waals surface area contributed by atoms with Crippen LogP contribution in [0.5, 0.6) is 0 Å². The summed E-state index contributed by atoms with van der Waals surface area (Å²) >= 11 is 4.54. The Morgan fingerprint density at radius 2 is 1.92 bits per heavy atom. The van der Waals surface area contributed by atoms with E-state index in [1.165, 1.54) is 6.07 Å². The fraction of sp³-hybridized carbons (Fsp3) is 0. The van der Waals surface area contributed by atoms with E-state index in [4.69, 9.17) is 0 Å². The Bertz CT molecular complexity index is 935. The average Bonchev–Trinajstić information content (AvgIpc) is 2.61. The number of aliphatic imine (C=N–C) groups is 1. The first-order chi connectivity index (χ1) is 12.1. The first-order valence-corrected chi connectivity index (χ1v) is 8.76. The number of nitro groups is 1. The molecule has 0 N–H and O–H groups in total. The number of rotatable bonds is 5. The molecule has 2 aromatic carbocycles. The molecule has 0 bridgehead atoms. The van der Waals surface area contributed by atoms with Crippen LogP contribution in [0.4, 0.5) is 11.4 Å². The topological polar surface area (TPSA) is 81.3 Å². The molecule has 0 aliphatic rings. The fourth-order valence-corrected chi connectivity index (χ4v) is 3.17. The summed E-state index contributed by atoms with van der Waals surface area (Å²) in [5.74, 6) is 0. The SMILES string of the molecule is O=[N+]([O-])c1cc(C=Nc2cccc(Br)c2)ccc1Sc1ncccn1. The lowest BCUT2D eigenvalue weighted by atomic mass is 10.2. The van der Waals surface area contributed by atoms with Gasteiger partial charge in [0.05, 0.1) is 15.5 Å². The number of halogens is 1. The minimum atomic E-state index is -0.415. The summed E-state index contributed by atoms with van der Waals surface area (Å²) in [4.78, 5) is 24.0. The largest absolute Gasteiger partial charge is 0.283 e. The lowest BCUT2D eigenvalue weighted by Crippen LogP contribution is -1.94. The van der Waals surface area contributed by atoms with Gasteiger partial charge in [-0.3, -0.25) is 15.1 Å². The van der Waals surface area contributed by atoms with Crippen LogP contribution in [0.2, 0.25) is 0 Å². The maximum atomic E-state index is 11.4. The van der Waals surface area contributed by atoms with Crippen LogP contribution < -0.4 is 0 Å². The van der Waals surface area contributed by atoms with E-state index in [-0.39, 0.29) is 5.69 Å². The Morgan fingerprint density at radius 3 is 2.64 bits per heavy atom. The highest BCUT2D eigenvalue weighted by molar-refractivity contribution is 9.10. The van der Waals surface area contributed by atoms with Crippen molar-refractivity contribution in [3.8, 4) is 0 Å². The number of benzene rings is 2. The predicted octanol–water partition coefficient (Wildman–Crippen LogP) is 5.05. The van der Waals surface area contributed by atoms with Gasteiger partial charge in [-0.05, 0) is 47.7 Å². The molecule has 3 aromatic rings. The predicted molar refractivity (Wildman–Crippen MR) is 101 cm³/mol. The van der Waals surface area contributed by atoms with E-state index in [2.05, 4.69) is 30.9 Å². The Labute approximate surface area is 156 Å². The van der Waals surface area contributed by atoms with Crippen molar-refractivity contribution in [3.63, 3.8) is 0 Å². The molecule has 1 aromatic heterocycles. The smallest absolute Gasteiger partial charge is 0.258 e. The van der Waals surface area contributed by atoms with Crippen molar-refractivity contribution < 1.29 is 4.92 Å². The summed E-state index contributed by atoms with van der Waals surface area (Å²) in [5.41, 5.74) is 1.40. The van der Waals surface area contributed by atoms with Crippen LogP contribution in [0.3, 0.4) is 0 Å². The zero-order valence-electron chi connectivity index (χ0n) is 12.7. The number of nitrogens with zero attached hydrogens (tertiary/aromatic N) is 4. The number of nitro benzene ring substituents is 1. The summed E-state index contributed by atoms with van der Waals surface area (Å²) in [6.45, 7) is 0. The van der Waals surface area contributed by atoms with Crippen molar-refractivity contribution in [2.24, 2.45) is 4.99 Å². The van der Waals surface area contributed by atoms with Crippen molar-refractivity contribution in [2.75, 3.05) is 0 Å². The molecule has 0 unspecified atom stereocenters. The molecule has 124 valence electrons. The van der Waals surface area contributed by atoms with E-state index < -0.39 is 4.92 Å². The van der Waals surface area contributed by atoms with Gasteiger partial charge in [0.1, 0.15) is 0 Å². The maximum Gasteiger partial charge on any atom is 0.283 e. The highest BCUT2D eigenvalue weighted by Crippen LogP contribution is 2.33. The highest BCUT2D eigenvalue weighted by Gasteiger charge is 2.16. The number of hydrogen-bond donors (Lipinski definition) is 0. The Kier molecular flexibility index (Phi) is 5.52. The summed E-state index contributed by atoms with van der Waals surface area (Å²) in [5, 5.41) is 11.8. The molecular formula is C17H11BrN4O2S. The standard InChI is InChI=1S/C17H11BrN4O2S/c18-13-3-1-4-14(10-13)21-11-12-5-6-16(15(9-12)22(23)24)25-17-19-7-2-8-20-17/h1-11H. The third-order valence-electron chi connectivity index (χ3n) is 3.09. The van der Waals surface area contributed by atoms with Gasteiger partial charge >= 0.3 is 0 Å². The summed E-state index contributed by atoms with van der Waals surface area (Å²) in [6.07, 6.45) is 4.79. The minimum Gasteiger partial charge on any atom is -0.258 e. The van der Waals surface area contributed by atoms with E-state index in [0.29, 0.717) is 15.6 Å². The Hall–Kier alpha value is -2.58. The van der Waals surface area contributed by atoms with Gasteiger partial charge in [0.25, 0.3) is 5.69 Å². The van der Waals surface area contributed by atoms with E-state index >= 15 is 0 Å². The normalized spacial score (nSPS) is 10.9. The zero-order valence-corrected chi connectivity index (χ0v) is 15.1. The van der Waals surface area contributed by atoms with E-state index in [0.717, 1.165) is 21.9 Å². The van der Waals surface area contributed by atoms with Crippen molar-refractivity contribution in [1.29, 1.82) is 0 Å². The molecule has 0 amide bonds. The van der Waals surface area contributed by atoms with Crippen LogP contribution in [0.1, 0.15) is 5.56 Å². The van der Waals surface area contributed by atoms with Gasteiger partial charge in [0.15, 0.2) is 5.16 Å². The van der Waals surface area contributed by atoms with Gasteiger partial charge in [0, 0.05) is 29.1 Å². The molecule has 6 nitrogen and oxygen atoms in total. The quantitative estimate of drug-likeness (QED) is 0.252. The highest BCUT2D eigenvalue weighted by atomic mass is 79.9. The Morgan fingerprint density at radius 1 is 1.12 bits per heavy atom. The second-order valence-corrected chi connectivity index (χ2v) is 6.78. The van der Waals surface area contributed by atoms with Crippen molar-refractivity contribution in [1.82, 2.24) is 9.97 Å². The molecular weight excluding hydrogens is 404 g/mol.